The van der Waals surface area contributed by atoms with Gasteiger partial charge >= 0.3 is 0 Å². The second-order valence-electron chi connectivity index (χ2n) is 12.0. The van der Waals surface area contributed by atoms with Crippen LogP contribution in [0.1, 0.15) is 54.6 Å². The maximum atomic E-state index is 13.3. The van der Waals surface area contributed by atoms with Gasteiger partial charge in [-0.25, -0.2) is 10.5 Å². The number of hydrogen-bond donors (Lipinski definition) is 5. The first-order valence-corrected chi connectivity index (χ1v) is 14.3. The summed E-state index contributed by atoms with van der Waals surface area (Å²) in [5.41, 5.74) is 2.71. The molecular weight excluding hydrogens is 508 g/mol. The van der Waals surface area contributed by atoms with Gasteiger partial charge in [0.25, 0.3) is 5.91 Å². The minimum absolute atomic E-state index is 0.0479. The largest absolute Gasteiger partial charge is 0.391 e. The van der Waals surface area contributed by atoms with Crippen molar-refractivity contribution in [1.29, 1.82) is 0 Å². The number of carbonyl (C=O) groups excluding carboxylic acids is 2. The van der Waals surface area contributed by atoms with E-state index in [1.807, 2.05) is 48.5 Å². The first kappa shape index (κ1) is 26.8. The van der Waals surface area contributed by atoms with Crippen molar-refractivity contribution in [1.82, 2.24) is 20.8 Å². The standard InChI is InChI=1S/C31H36N4O5/c36-28(16-23(29(37)35-40)31(39)21-11-19-10-20(13-21)14-22(31)12-19)26(15-18-6-2-1-3-7-18)34-30(38)27-17-32-24-8-4-5-9-25(24)33-27/h1-9,17,19-23,26,28,36,39-40H,10-16H2,(H,34,38)(H,35,37)/t19?,20?,21?,22?,23-,26+,28+,31?/m1/s1. The highest BCUT2D eigenvalue weighted by molar-refractivity contribution is 5.94. The van der Waals surface area contributed by atoms with Gasteiger partial charge in [0.1, 0.15) is 5.69 Å². The zero-order valence-electron chi connectivity index (χ0n) is 22.3. The topological polar surface area (TPSA) is 145 Å². The Morgan fingerprint density at radius 3 is 2.20 bits per heavy atom. The summed E-state index contributed by atoms with van der Waals surface area (Å²) in [6.07, 6.45) is 5.05. The summed E-state index contributed by atoms with van der Waals surface area (Å²) >= 11 is 0. The Morgan fingerprint density at radius 1 is 0.925 bits per heavy atom. The first-order valence-electron chi connectivity index (χ1n) is 14.3. The number of amides is 2. The van der Waals surface area contributed by atoms with E-state index < -0.39 is 35.5 Å². The molecule has 0 unspecified atom stereocenters. The van der Waals surface area contributed by atoms with Crippen molar-refractivity contribution < 1.29 is 25.0 Å². The van der Waals surface area contributed by atoms with E-state index in [2.05, 4.69) is 15.3 Å². The number of nitrogens with zero attached hydrogens (tertiary/aromatic N) is 2. The molecule has 40 heavy (non-hydrogen) atoms. The van der Waals surface area contributed by atoms with Crippen molar-refractivity contribution >= 4 is 22.8 Å². The predicted molar refractivity (Wildman–Crippen MR) is 147 cm³/mol. The van der Waals surface area contributed by atoms with Crippen LogP contribution in [0.4, 0.5) is 0 Å². The van der Waals surface area contributed by atoms with Gasteiger partial charge in [-0.1, -0.05) is 42.5 Å². The van der Waals surface area contributed by atoms with E-state index in [0.29, 0.717) is 29.3 Å². The lowest BCUT2D eigenvalue weighted by molar-refractivity contribution is -0.210. The Kier molecular flexibility index (Phi) is 7.29. The number of aliphatic hydroxyl groups is 2. The fourth-order valence-electron chi connectivity index (χ4n) is 7.96. The summed E-state index contributed by atoms with van der Waals surface area (Å²) in [6.45, 7) is 0. The van der Waals surface area contributed by atoms with Crippen LogP contribution in [0.3, 0.4) is 0 Å². The molecule has 0 aliphatic heterocycles. The molecule has 210 valence electrons. The molecule has 4 fully saturated rings. The third-order valence-electron chi connectivity index (χ3n) is 9.67. The number of para-hydroxylation sites is 2. The molecule has 4 aliphatic carbocycles. The number of carbonyl (C=O) groups is 2. The van der Waals surface area contributed by atoms with Crippen molar-refractivity contribution in [3.8, 4) is 0 Å². The molecule has 7 rings (SSSR count). The molecule has 4 saturated carbocycles. The number of nitrogens with one attached hydrogen (secondary N) is 2. The van der Waals surface area contributed by atoms with E-state index in [1.54, 1.807) is 11.5 Å². The van der Waals surface area contributed by atoms with Crippen molar-refractivity contribution in [2.75, 3.05) is 0 Å². The maximum absolute atomic E-state index is 13.3. The van der Waals surface area contributed by atoms with Crippen LogP contribution in [0.15, 0.2) is 60.8 Å². The van der Waals surface area contributed by atoms with Gasteiger partial charge in [-0.15, -0.1) is 0 Å². The Balaban J connectivity index is 1.26. The normalized spacial score (nSPS) is 29.1. The molecule has 9 heteroatoms. The molecule has 3 atom stereocenters. The molecule has 3 aromatic rings. The lowest BCUT2D eigenvalue weighted by atomic mass is 9.47. The van der Waals surface area contributed by atoms with Gasteiger partial charge in [-0.2, -0.15) is 0 Å². The van der Waals surface area contributed by atoms with E-state index in [9.17, 15) is 25.0 Å². The summed E-state index contributed by atoms with van der Waals surface area (Å²) < 4.78 is 0. The zero-order chi connectivity index (χ0) is 27.9. The Bertz CT molecular complexity index is 1350. The summed E-state index contributed by atoms with van der Waals surface area (Å²) in [7, 11) is 0. The molecule has 5 N–H and O–H groups in total. The van der Waals surface area contributed by atoms with Gasteiger partial charge in [-0.05, 0) is 86.3 Å². The third kappa shape index (κ3) is 4.98. The summed E-state index contributed by atoms with van der Waals surface area (Å²) in [5, 5.41) is 36.3. The maximum Gasteiger partial charge on any atom is 0.271 e. The van der Waals surface area contributed by atoms with Crippen LogP contribution in [0, 0.1) is 29.6 Å². The van der Waals surface area contributed by atoms with E-state index in [4.69, 9.17) is 0 Å². The average molecular weight is 545 g/mol. The molecule has 2 amide bonds. The average Bonchev–Trinajstić information content (AvgIpc) is 2.97. The van der Waals surface area contributed by atoms with Gasteiger partial charge in [-0.3, -0.25) is 19.8 Å². The Morgan fingerprint density at radius 2 is 1.55 bits per heavy atom. The minimum Gasteiger partial charge on any atom is -0.391 e. The number of hydroxylamine groups is 1. The third-order valence-corrected chi connectivity index (χ3v) is 9.67. The number of aromatic nitrogens is 2. The highest BCUT2D eigenvalue weighted by atomic mass is 16.5. The second-order valence-corrected chi connectivity index (χ2v) is 12.0. The van der Waals surface area contributed by atoms with E-state index in [1.165, 1.54) is 12.6 Å². The Hall–Kier alpha value is -3.40. The van der Waals surface area contributed by atoms with Gasteiger partial charge in [0.05, 0.1) is 40.9 Å². The molecule has 0 radical (unpaired) electrons. The Labute approximate surface area is 233 Å². The van der Waals surface area contributed by atoms with Crippen LogP contribution in [-0.4, -0.2) is 54.9 Å². The van der Waals surface area contributed by atoms with Crippen LogP contribution in [-0.2, 0) is 11.2 Å². The number of aliphatic hydroxyl groups excluding tert-OH is 1. The number of fused-ring (bicyclic) bond motifs is 1. The van der Waals surface area contributed by atoms with Crippen molar-refractivity contribution in [3.63, 3.8) is 0 Å². The van der Waals surface area contributed by atoms with Crippen molar-refractivity contribution in [2.45, 2.75) is 62.7 Å². The zero-order valence-corrected chi connectivity index (χ0v) is 22.3. The lowest BCUT2D eigenvalue weighted by Gasteiger charge is -2.61. The second kappa shape index (κ2) is 10.9. The summed E-state index contributed by atoms with van der Waals surface area (Å²) in [6, 6.07) is 16.0. The van der Waals surface area contributed by atoms with E-state index in [0.717, 1.165) is 31.2 Å². The smallest absolute Gasteiger partial charge is 0.271 e. The van der Waals surface area contributed by atoms with Gasteiger partial charge < -0.3 is 15.5 Å². The number of benzene rings is 2. The molecule has 1 heterocycles. The fourth-order valence-corrected chi connectivity index (χ4v) is 7.96. The van der Waals surface area contributed by atoms with Crippen LogP contribution >= 0.6 is 0 Å². The molecule has 4 aliphatic rings. The molecule has 0 spiro atoms. The van der Waals surface area contributed by atoms with Crippen LogP contribution in [0.5, 0.6) is 0 Å². The molecule has 4 bridgehead atoms. The molecule has 9 nitrogen and oxygen atoms in total. The van der Waals surface area contributed by atoms with Gasteiger partial charge in [0.15, 0.2) is 0 Å². The monoisotopic (exact) mass is 544 g/mol. The highest BCUT2D eigenvalue weighted by Gasteiger charge is 2.61. The number of hydrogen-bond acceptors (Lipinski definition) is 7. The van der Waals surface area contributed by atoms with E-state index >= 15 is 0 Å². The quantitative estimate of drug-likeness (QED) is 0.206. The number of rotatable bonds is 9. The molecular formula is C31H36N4O5. The summed E-state index contributed by atoms with van der Waals surface area (Å²) in [5.74, 6) is -1.16. The SMILES string of the molecule is O=C(N[C@@H](Cc1ccccc1)[C@@H](O)C[C@H](C(=O)NO)C1(O)C2CC3CC(C2)CC1C3)c1cnc2ccccc2n1. The molecule has 0 saturated heterocycles. The highest BCUT2D eigenvalue weighted by Crippen LogP contribution is 2.60. The lowest BCUT2D eigenvalue weighted by Crippen LogP contribution is -2.64. The predicted octanol–water partition coefficient (Wildman–Crippen LogP) is 3.03. The van der Waals surface area contributed by atoms with Crippen molar-refractivity contribution in [2.24, 2.45) is 29.6 Å². The van der Waals surface area contributed by atoms with Crippen LogP contribution < -0.4 is 10.8 Å². The fraction of sp³-hybridized carbons (Fsp3) is 0.484. The van der Waals surface area contributed by atoms with Crippen LogP contribution in [0.2, 0.25) is 0 Å². The summed E-state index contributed by atoms with van der Waals surface area (Å²) in [4.78, 5) is 35.2. The molecule has 2 aromatic carbocycles. The van der Waals surface area contributed by atoms with Crippen molar-refractivity contribution in [3.05, 3.63) is 72.1 Å². The van der Waals surface area contributed by atoms with Crippen LogP contribution in [0.25, 0.3) is 11.0 Å². The van der Waals surface area contributed by atoms with Gasteiger partial charge in [0, 0.05) is 0 Å². The van der Waals surface area contributed by atoms with E-state index in [-0.39, 0.29) is 24.0 Å². The minimum atomic E-state index is -1.31. The molecule has 1 aromatic heterocycles. The van der Waals surface area contributed by atoms with Gasteiger partial charge in [0.2, 0.25) is 5.91 Å². The first-order chi connectivity index (χ1) is 19.3.